The maximum absolute atomic E-state index is 14.0. The number of carbonyl (C=O) groups excluding carboxylic acids is 2. The summed E-state index contributed by atoms with van der Waals surface area (Å²) in [6.45, 7) is 6.45. The first kappa shape index (κ1) is 30.6. The topological polar surface area (TPSA) is 86.8 Å². The molecular formula is C28H30BrClFN3O4S. The van der Waals surface area contributed by atoms with Gasteiger partial charge in [0.1, 0.15) is 18.4 Å². The molecule has 0 saturated heterocycles. The molecule has 208 valence electrons. The van der Waals surface area contributed by atoms with Gasteiger partial charge in [0.25, 0.3) is 10.0 Å². The molecule has 1 atom stereocenters. The molecule has 0 aliphatic carbocycles. The molecule has 39 heavy (non-hydrogen) atoms. The summed E-state index contributed by atoms with van der Waals surface area (Å²) >= 11 is 9.40. The maximum Gasteiger partial charge on any atom is 0.264 e. The van der Waals surface area contributed by atoms with E-state index in [1.54, 1.807) is 37.3 Å². The second-order valence-corrected chi connectivity index (χ2v) is 13.2. The summed E-state index contributed by atoms with van der Waals surface area (Å²) in [5, 5.41) is 2.58. The Kier molecular flexibility index (Phi) is 9.79. The summed E-state index contributed by atoms with van der Waals surface area (Å²) in [5.41, 5.74) is 0.187. The zero-order valence-corrected chi connectivity index (χ0v) is 25.1. The van der Waals surface area contributed by atoms with Crippen molar-refractivity contribution in [1.82, 2.24) is 10.2 Å². The van der Waals surface area contributed by atoms with Crippen LogP contribution in [0, 0.1) is 5.82 Å². The van der Waals surface area contributed by atoms with Gasteiger partial charge in [-0.05, 0) is 75.7 Å². The number of amides is 2. The number of nitrogens with one attached hydrogen (secondary N) is 1. The molecule has 1 N–H and O–H groups in total. The summed E-state index contributed by atoms with van der Waals surface area (Å²) in [6.07, 6.45) is 0. The lowest BCUT2D eigenvalue weighted by Crippen LogP contribution is -2.54. The minimum absolute atomic E-state index is 0.00723. The maximum atomic E-state index is 14.0. The van der Waals surface area contributed by atoms with Gasteiger partial charge < -0.3 is 10.2 Å². The van der Waals surface area contributed by atoms with E-state index >= 15 is 0 Å². The van der Waals surface area contributed by atoms with E-state index in [1.807, 2.05) is 32.9 Å². The molecule has 0 saturated carbocycles. The van der Waals surface area contributed by atoms with E-state index in [0.29, 0.717) is 0 Å². The largest absolute Gasteiger partial charge is 0.350 e. The zero-order chi connectivity index (χ0) is 29.0. The quantitative estimate of drug-likeness (QED) is 0.323. The Morgan fingerprint density at radius 3 is 2.28 bits per heavy atom. The molecule has 3 rings (SSSR count). The number of halogens is 3. The van der Waals surface area contributed by atoms with Gasteiger partial charge in [-0.15, -0.1) is 0 Å². The standard InChI is InChI=1S/C28H30BrClFN3O4S/c1-19(27(36)32-28(2,3)4)33(17-20-9-8-10-21(29)15-20)26(35)18-34(22-13-14-25(31)24(30)16-22)39(37,38)23-11-6-5-7-12-23/h5-16,19H,17-18H2,1-4H3,(H,32,36)/t19-/m1/s1. The second-order valence-electron chi connectivity index (χ2n) is 9.99. The molecule has 0 unspecified atom stereocenters. The molecule has 11 heteroatoms. The second kappa shape index (κ2) is 12.5. The molecule has 0 aromatic heterocycles. The van der Waals surface area contributed by atoms with Crippen LogP contribution >= 0.6 is 27.5 Å². The van der Waals surface area contributed by atoms with Crippen LogP contribution in [0.3, 0.4) is 0 Å². The van der Waals surface area contributed by atoms with Crippen LogP contribution in [0.1, 0.15) is 33.3 Å². The van der Waals surface area contributed by atoms with E-state index in [-0.39, 0.29) is 22.2 Å². The Hall–Kier alpha value is -2.95. The van der Waals surface area contributed by atoms with Gasteiger partial charge in [-0.25, -0.2) is 12.8 Å². The number of anilines is 1. The Morgan fingerprint density at radius 1 is 1.03 bits per heavy atom. The van der Waals surface area contributed by atoms with Crippen molar-refractivity contribution in [3.8, 4) is 0 Å². The normalized spacial score (nSPS) is 12.5. The number of sulfonamides is 1. The molecule has 2 amide bonds. The average molecular weight is 639 g/mol. The lowest BCUT2D eigenvalue weighted by atomic mass is 10.1. The highest BCUT2D eigenvalue weighted by atomic mass is 79.9. The fourth-order valence-corrected chi connectivity index (χ4v) is 5.83. The molecule has 7 nitrogen and oxygen atoms in total. The van der Waals surface area contributed by atoms with Gasteiger partial charge >= 0.3 is 0 Å². The van der Waals surface area contributed by atoms with Gasteiger partial charge in [0.2, 0.25) is 11.8 Å². The van der Waals surface area contributed by atoms with Crippen molar-refractivity contribution in [3.05, 3.63) is 93.7 Å². The first-order valence-corrected chi connectivity index (χ1v) is 14.7. The van der Waals surface area contributed by atoms with E-state index < -0.39 is 45.8 Å². The van der Waals surface area contributed by atoms with Gasteiger partial charge in [0.05, 0.1) is 15.6 Å². The highest BCUT2D eigenvalue weighted by Gasteiger charge is 2.33. The molecule has 3 aromatic rings. The third kappa shape index (κ3) is 8.03. The number of benzene rings is 3. The number of hydrogen-bond acceptors (Lipinski definition) is 4. The van der Waals surface area contributed by atoms with Crippen molar-refractivity contribution in [2.45, 2.75) is 50.7 Å². The Bertz CT molecular complexity index is 1450. The molecule has 0 radical (unpaired) electrons. The van der Waals surface area contributed by atoms with Gasteiger partial charge in [-0.1, -0.05) is 57.9 Å². The Labute approximate surface area is 242 Å². The number of hydrogen-bond donors (Lipinski definition) is 1. The van der Waals surface area contributed by atoms with Crippen LogP contribution < -0.4 is 9.62 Å². The Morgan fingerprint density at radius 2 is 1.69 bits per heavy atom. The van der Waals surface area contributed by atoms with Crippen molar-refractivity contribution >= 4 is 55.1 Å². The summed E-state index contributed by atoms with van der Waals surface area (Å²) < 4.78 is 43.0. The summed E-state index contributed by atoms with van der Waals surface area (Å²) in [7, 11) is -4.27. The molecule has 0 spiro atoms. The lowest BCUT2D eigenvalue weighted by molar-refractivity contribution is -0.140. The molecule has 0 aliphatic heterocycles. The van der Waals surface area contributed by atoms with Crippen LogP contribution in [-0.4, -0.2) is 43.3 Å². The molecular weight excluding hydrogens is 609 g/mol. The van der Waals surface area contributed by atoms with Gasteiger partial charge in [-0.3, -0.25) is 13.9 Å². The molecule has 3 aromatic carbocycles. The van der Waals surface area contributed by atoms with E-state index in [2.05, 4.69) is 21.2 Å². The predicted molar refractivity (Wildman–Crippen MR) is 154 cm³/mol. The number of carbonyl (C=O) groups is 2. The predicted octanol–water partition coefficient (Wildman–Crippen LogP) is 5.77. The first-order valence-electron chi connectivity index (χ1n) is 12.1. The number of nitrogens with zero attached hydrogens (tertiary/aromatic N) is 2. The first-order chi connectivity index (χ1) is 18.2. The fraction of sp³-hybridized carbons (Fsp3) is 0.286. The van der Waals surface area contributed by atoms with Crippen molar-refractivity contribution in [2.75, 3.05) is 10.8 Å². The third-order valence-electron chi connectivity index (χ3n) is 5.71. The molecule has 0 aliphatic rings. The van der Waals surface area contributed by atoms with Crippen LogP contribution in [0.15, 0.2) is 82.2 Å². The SMILES string of the molecule is C[C@H](C(=O)NC(C)(C)C)N(Cc1cccc(Br)c1)C(=O)CN(c1ccc(F)c(Cl)c1)S(=O)(=O)c1ccccc1. The van der Waals surface area contributed by atoms with Crippen molar-refractivity contribution in [2.24, 2.45) is 0 Å². The van der Waals surface area contributed by atoms with E-state index in [4.69, 9.17) is 11.6 Å². The van der Waals surface area contributed by atoms with Gasteiger partial charge in [-0.2, -0.15) is 0 Å². The van der Waals surface area contributed by atoms with Crippen molar-refractivity contribution in [3.63, 3.8) is 0 Å². The lowest BCUT2D eigenvalue weighted by Gasteiger charge is -2.33. The van der Waals surface area contributed by atoms with Crippen molar-refractivity contribution < 1.29 is 22.4 Å². The smallest absolute Gasteiger partial charge is 0.264 e. The van der Waals surface area contributed by atoms with Crippen LogP contribution in [0.4, 0.5) is 10.1 Å². The number of rotatable bonds is 9. The van der Waals surface area contributed by atoms with E-state index in [0.717, 1.165) is 26.5 Å². The molecule has 0 fully saturated rings. The monoisotopic (exact) mass is 637 g/mol. The summed E-state index contributed by atoms with van der Waals surface area (Å²) in [6, 6.07) is 17.3. The van der Waals surface area contributed by atoms with Crippen molar-refractivity contribution in [1.29, 1.82) is 0 Å². The minimum Gasteiger partial charge on any atom is -0.350 e. The summed E-state index contributed by atoms with van der Waals surface area (Å²) in [4.78, 5) is 28.3. The van der Waals surface area contributed by atoms with Gasteiger partial charge in [0, 0.05) is 16.6 Å². The third-order valence-corrected chi connectivity index (χ3v) is 8.28. The fourth-order valence-electron chi connectivity index (χ4n) is 3.78. The summed E-state index contributed by atoms with van der Waals surface area (Å²) in [5.74, 6) is -1.76. The van der Waals surface area contributed by atoms with E-state index in [9.17, 15) is 22.4 Å². The molecule has 0 heterocycles. The van der Waals surface area contributed by atoms with Crippen LogP contribution in [0.25, 0.3) is 0 Å². The Balaban J connectivity index is 2.05. The average Bonchev–Trinajstić information content (AvgIpc) is 2.86. The van der Waals surface area contributed by atoms with Crippen LogP contribution in [0.2, 0.25) is 5.02 Å². The highest BCUT2D eigenvalue weighted by Crippen LogP contribution is 2.28. The molecule has 0 bridgehead atoms. The zero-order valence-electron chi connectivity index (χ0n) is 22.0. The van der Waals surface area contributed by atoms with Crippen LogP contribution in [-0.2, 0) is 26.2 Å². The van der Waals surface area contributed by atoms with Gasteiger partial charge in [0.15, 0.2) is 0 Å². The highest BCUT2D eigenvalue weighted by molar-refractivity contribution is 9.10. The van der Waals surface area contributed by atoms with Crippen LogP contribution in [0.5, 0.6) is 0 Å². The minimum atomic E-state index is -4.27. The van der Waals surface area contributed by atoms with E-state index in [1.165, 1.54) is 23.1 Å².